The zero-order valence-electron chi connectivity index (χ0n) is 14.5. The molecule has 1 aromatic rings. The molecule has 3 heterocycles. The van der Waals surface area contributed by atoms with Crippen molar-refractivity contribution in [1.82, 2.24) is 14.9 Å². The van der Waals surface area contributed by atoms with E-state index in [-0.39, 0.29) is 23.3 Å². The van der Waals surface area contributed by atoms with Gasteiger partial charge in [0.05, 0.1) is 0 Å². The van der Waals surface area contributed by atoms with Crippen molar-refractivity contribution in [2.75, 3.05) is 24.5 Å². The summed E-state index contributed by atoms with van der Waals surface area (Å²) < 4.78 is 38.7. The third kappa shape index (κ3) is 3.72. The molecule has 25 heavy (non-hydrogen) atoms. The van der Waals surface area contributed by atoms with Gasteiger partial charge >= 0.3 is 6.18 Å². The molecule has 2 saturated heterocycles. The van der Waals surface area contributed by atoms with Crippen LogP contribution in [0.15, 0.2) is 12.3 Å². The highest BCUT2D eigenvalue weighted by Gasteiger charge is 2.43. The number of likely N-dealkylation sites (tertiary alicyclic amines) is 1. The topological polar surface area (TPSA) is 49.3 Å². The molecule has 0 saturated carbocycles. The van der Waals surface area contributed by atoms with E-state index in [1.165, 1.54) is 0 Å². The van der Waals surface area contributed by atoms with Crippen molar-refractivity contribution < 1.29 is 18.0 Å². The second kappa shape index (κ2) is 6.46. The monoisotopic (exact) mass is 356 g/mol. The van der Waals surface area contributed by atoms with Gasteiger partial charge in [0.1, 0.15) is 5.69 Å². The number of carbonyl (C=O) groups is 1. The number of rotatable bonds is 2. The minimum atomic E-state index is -4.48. The lowest BCUT2D eigenvalue weighted by Gasteiger charge is -2.49. The Balaban J connectivity index is 1.81. The first-order valence-corrected chi connectivity index (χ1v) is 8.65. The van der Waals surface area contributed by atoms with E-state index in [2.05, 4.69) is 9.97 Å². The van der Waals surface area contributed by atoms with Crippen LogP contribution in [-0.4, -0.2) is 46.5 Å². The van der Waals surface area contributed by atoms with E-state index in [9.17, 15) is 18.0 Å². The molecule has 1 atom stereocenters. The number of nitrogens with zero attached hydrogens (tertiary/aromatic N) is 4. The van der Waals surface area contributed by atoms with Crippen molar-refractivity contribution in [3.05, 3.63) is 18.0 Å². The Labute approximate surface area is 145 Å². The van der Waals surface area contributed by atoms with Gasteiger partial charge in [-0.3, -0.25) is 4.79 Å². The van der Waals surface area contributed by atoms with E-state index in [0.717, 1.165) is 31.5 Å². The molecule has 5 nitrogen and oxygen atoms in total. The Morgan fingerprint density at radius 3 is 2.68 bits per heavy atom. The Morgan fingerprint density at radius 1 is 1.24 bits per heavy atom. The average molecular weight is 356 g/mol. The molecule has 1 unspecified atom stereocenters. The Hall–Kier alpha value is -1.86. The van der Waals surface area contributed by atoms with Gasteiger partial charge < -0.3 is 9.80 Å². The van der Waals surface area contributed by atoms with E-state index >= 15 is 0 Å². The summed E-state index contributed by atoms with van der Waals surface area (Å²) in [6, 6.07) is 1.02. The lowest BCUT2D eigenvalue weighted by Crippen LogP contribution is -2.55. The van der Waals surface area contributed by atoms with Gasteiger partial charge in [-0.15, -0.1) is 0 Å². The molecule has 1 spiro atoms. The van der Waals surface area contributed by atoms with Crippen molar-refractivity contribution in [2.45, 2.75) is 51.7 Å². The number of halogens is 3. The Morgan fingerprint density at radius 2 is 2.00 bits per heavy atom. The number of carbonyl (C=O) groups excluding carboxylic acids is 1. The predicted molar refractivity (Wildman–Crippen MR) is 87.0 cm³/mol. The average Bonchev–Trinajstić information content (AvgIpc) is 2.57. The highest BCUT2D eigenvalue weighted by molar-refractivity contribution is 5.77. The number of anilines is 1. The van der Waals surface area contributed by atoms with Crippen LogP contribution in [0.3, 0.4) is 0 Å². The molecule has 0 N–H and O–H groups in total. The molecule has 138 valence electrons. The van der Waals surface area contributed by atoms with Gasteiger partial charge in [0, 0.05) is 43.7 Å². The van der Waals surface area contributed by atoms with Crippen molar-refractivity contribution >= 4 is 11.9 Å². The van der Waals surface area contributed by atoms with E-state index in [1.807, 2.05) is 23.6 Å². The Bertz CT molecular complexity index is 649. The third-order valence-corrected chi connectivity index (χ3v) is 5.20. The number of hydrogen-bond acceptors (Lipinski definition) is 4. The lowest BCUT2D eigenvalue weighted by atomic mass is 9.73. The van der Waals surface area contributed by atoms with E-state index in [4.69, 9.17) is 0 Å². The maximum absolute atomic E-state index is 12.9. The summed E-state index contributed by atoms with van der Waals surface area (Å²) in [6.45, 7) is 5.86. The van der Waals surface area contributed by atoms with Crippen LogP contribution in [0.5, 0.6) is 0 Å². The summed E-state index contributed by atoms with van der Waals surface area (Å²) in [7, 11) is 0. The SMILES string of the molecule is CC(C)N1CC2(CCCN(c3nccc(C(F)(F)F)n3)C2)CCC1=O. The molecule has 0 aromatic carbocycles. The molecule has 3 rings (SSSR count). The first-order valence-electron chi connectivity index (χ1n) is 8.65. The molecule has 0 radical (unpaired) electrons. The highest BCUT2D eigenvalue weighted by atomic mass is 19.4. The van der Waals surface area contributed by atoms with Crippen molar-refractivity contribution in [3.63, 3.8) is 0 Å². The van der Waals surface area contributed by atoms with Crippen LogP contribution < -0.4 is 4.90 Å². The van der Waals surface area contributed by atoms with Crippen LogP contribution in [0.2, 0.25) is 0 Å². The summed E-state index contributed by atoms with van der Waals surface area (Å²) in [4.78, 5) is 23.6. The van der Waals surface area contributed by atoms with Gasteiger partial charge in [0.25, 0.3) is 0 Å². The minimum Gasteiger partial charge on any atom is -0.340 e. The second-order valence-electron chi connectivity index (χ2n) is 7.38. The van der Waals surface area contributed by atoms with Crippen molar-refractivity contribution in [2.24, 2.45) is 5.41 Å². The number of hydrogen-bond donors (Lipinski definition) is 0. The first-order chi connectivity index (χ1) is 11.7. The summed E-state index contributed by atoms with van der Waals surface area (Å²) in [6.07, 6.45) is -0.215. The molecule has 1 aromatic heterocycles. The van der Waals surface area contributed by atoms with Crippen LogP contribution in [0.1, 0.15) is 45.2 Å². The fourth-order valence-electron chi connectivity index (χ4n) is 3.89. The quantitative estimate of drug-likeness (QED) is 0.817. The van der Waals surface area contributed by atoms with Crippen LogP contribution in [0.25, 0.3) is 0 Å². The zero-order chi connectivity index (χ0) is 18.2. The lowest BCUT2D eigenvalue weighted by molar-refractivity contribution is -0.141. The molecule has 1 amide bonds. The number of aromatic nitrogens is 2. The highest BCUT2D eigenvalue weighted by Crippen LogP contribution is 2.40. The van der Waals surface area contributed by atoms with Gasteiger partial charge in [-0.2, -0.15) is 13.2 Å². The molecule has 2 aliphatic rings. The van der Waals surface area contributed by atoms with Gasteiger partial charge in [0.2, 0.25) is 11.9 Å². The summed E-state index contributed by atoms with van der Waals surface area (Å²) >= 11 is 0. The second-order valence-corrected chi connectivity index (χ2v) is 7.38. The van der Waals surface area contributed by atoms with Crippen LogP contribution in [0, 0.1) is 5.41 Å². The first kappa shape index (κ1) is 17.9. The maximum atomic E-state index is 12.9. The standard InChI is InChI=1S/C17H23F3N4O/c1-12(2)24-11-16(7-4-14(24)25)6-3-9-23(10-16)15-21-8-5-13(22-15)17(18,19)20/h5,8,12H,3-4,6-7,9-11H2,1-2H3. The summed E-state index contributed by atoms with van der Waals surface area (Å²) in [5.74, 6) is 0.287. The van der Waals surface area contributed by atoms with Gasteiger partial charge in [0.15, 0.2) is 0 Å². The number of amides is 1. The van der Waals surface area contributed by atoms with Gasteiger partial charge in [-0.05, 0) is 39.2 Å². The molecule has 2 aliphatic heterocycles. The van der Waals surface area contributed by atoms with Crippen LogP contribution in [-0.2, 0) is 11.0 Å². The van der Waals surface area contributed by atoms with Gasteiger partial charge in [-0.25, -0.2) is 9.97 Å². The van der Waals surface area contributed by atoms with Crippen molar-refractivity contribution in [1.29, 1.82) is 0 Å². The molecule has 2 fully saturated rings. The smallest absolute Gasteiger partial charge is 0.340 e. The third-order valence-electron chi connectivity index (χ3n) is 5.20. The Kier molecular flexibility index (Phi) is 4.64. The molecular formula is C17H23F3N4O. The summed E-state index contributed by atoms with van der Waals surface area (Å²) in [5.41, 5.74) is -1.01. The maximum Gasteiger partial charge on any atom is 0.433 e. The van der Waals surface area contributed by atoms with Crippen molar-refractivity contribution in [3.8, 4) is 0 Å². The fraction of sp³-hybridized carbons (Fsp3) is 0.706. The van der Waals surface area contributed by atoms with E-state index < -0.39 is 11.9 Å². The largest absolute Gasteiger partial charge is 0.433 e. The number of piperidine rings is 2. The molecule has 0 bridgehead atoms. The molecule has 0 aliphatic carbocycles. The predicted octanol–water partition coefficient (Wildman–Crippen LogP) is 3.11. The number of alkyl halides is 3. The normalized spacial score (nSPS) is 25.1. The van der Waals surface area contributed by atoms with Crippen LogP contribution >= 0.6 is 0 Å². The summed E-state index contributed by atoms with van der Waals surface area (Å²) in [5, 5.41) is 0. The van der Waals surface area contributed by atoms with E-state index in [1.54, 1.807) is 0 Å². The fourth-order valence-corrected chi connectivity index (χ4v) is 3.89. The van der Waals surface area contributed by atoms with Gasteiger partial charge in [-0.1, -0.05) is 0 Å². The molecule has 8 heteroatoms. The zero-order valence-corrected chi connectivity index (χ0v) is 14.5. The van der Waals surface area contributed by atoms with Crippen LogP contribution in [0.4, 0.5) is 19.1 Å². The molecular weight excluding hydrogens is 333 g/mol. The minimum absolute atomic E-state index is 0.0893. The van der Waals surface area contributed by atoms with E-state index in [0.29, 0.717) is 26.1 Å².